The number of rotatable bonds is 5. The van der Waals surface area contributed by atoms with Gasteiger partial charge in [-0.05, 0) is 0 Å². The van der Waals surface area contributed by atoms with Gasteiger partial charge in [-0.1, -0.05) is 0 Å². The van der Waals surface area contributed by atoms with Crippen molar-refractivity contribution in [3.05, 3.63) is 0 Å². The Morgan fingerprint density at radius 2 is 1.79 bits per heavy atom. The van der Waals surface area contributed by atoms with E-state index >= 15 is 0 Å². The zero-order valence-corrected chi connectivity index (χ0v) is 6.91. The van der Waals surface area contributed by atoms with Gasteiger partial charge in [-0.25, -0.2) is 4.79 Å². The van der Waals surface area contributed by atoms with Crippen LogP contribution in [-0.4, -0.2) is 67.4 Å². The fraction of sp³-hybridized carbons (Fsp3) is 0.833. The molecule has 0 bridgehead atoms. The molecule has 0 rings (SSSR count). The summed E-state index contributed by atoms with van der Waals surface area (Å²) in [6.07, 6.45) is -7.03. The molecule has 0 fully saturated rings. The van der Waals surface area contributed by atoms with Crippen LogP contribution in [0.5, 0.6) is 0 Å². The number of carboxylic acids is 1. The van der Waals surface area contributed by atoms with Gasteiger partial charge in [-0.3, -0.25) is 0 Å². The normalized spacial score (nSPS) is 22.1. The van der Waals surface area contributed by atoms with E-state index in [2.05, 4.69) is 0 Å². The predicted molar refractivity (Wildman–Crippen MR) is 38.8 cm³/mol. The van der Waals surface area contributed by atoms with E-state index < -0.39 is 36.7 Å². The van der Waals surface area contributed by atoms with Crippen LogP contribution in [0.4, 0.5) is 4.39 Å². The number of carbonyl (C=O) groups is 1. The monoisotopic (exact) mass is 214 g/mol. The summed E-state index contributed by atoms with van der Waals surface area (Å²) in [6, 6.07) is 0. The summed E-state index contributed by atoms with van der Waals surface area (Å²) in [6.45, 7) is -1.02. The lowest BCUT2D eigenvalue weighted by molar-refractivity contribution is -0.228. The largest absolute Gasteiger partial charge is 0.477 e. The van der Waals surface area contributed by atoms with Crippen LogP contribution in [0.15, 0.2) is 0 Å². The molecule has 84 valence electrons. The van der Waals surface area contributed by atoms with Crippen LogP contribution in [0.3, 0.4) is 0 Å². The van der Waals surface area contributed by atoms with Crippen LogP contribution in [0.25, 0.3) is 0 Å². The Labute approximate surface area is 77.7 Å². The minimum absolute atomic E-state index is 1.02. The average molecular weight is 214 g/mol. The SMILES string of the molecule is O=C(O)C(O)(F)C(O)C(O)C(O)CO. The Bertz CT molecular complexity index is 206. The van der Waals surface area contributed by atoms with E-state index in [0.29, 0.717) is 0 Å². The quantitative estimate of drug-likeness (QED) is 0.283. The number of carboxylic acid groups (broad SMARTS) is 1. The number of halogens is 1. The van der Waals surface area contributed by atoms with Gasteiger partial charge < -0.3 is 30.6 Å². The van der Waals surface area contributed by atoms with Gasteiger partial charge in [0.1, 0.15) is 12.2 Å². The molecule has 4 atom stereocenters. The summed E-state index contributed by atoms with van der Waals surface area (Å²) in [7, 11) is 0. The highest BCUT2D eigenvalue weighted by molar-refractivity contribution is 5.76. The Balaban J connectivity index is 4.60. The summed E-state index contributed by atoms with van der Waals surface area (Å²) >= 11 is 0. The van der Waals surface area contributed by atoms with Gasteiger partial charge in [0, 0.05) is 0 Å². The summed E-state index contributed by atoms with van der Waals surface area (Å²) in [4.78, 5) is 10.0. The van der Waals surface area contributed by atoms with Gasteiger partial charge in [-0.15, -0.1) is 0 Å². The maximum atomic E-state index is 12.7. The van der Waals surface area contributed by atoms with Gasteiger partial charge in [-0.2, -0.15) is 4.39 Å². The highest BCUT2D eigenvalue weighted by atomic mass is 19.2. The molecule has 7 nitrogen and oxygen atoms in total. The van der Waals surface area contributed by atoms with E-state index in [1.165, 1.54) is 0 Å². The smallest absolute Gasteiger partial charge is 0.372 e. The fourth-order valence-electron chi connectivity index (χ4n) is 0.671. The third kappa shape index (κ3) is 2.59. The van der Waals surface area contributed by atoms with Crippen molar-refractivity contribution in [3.8, 4) is 0 Å². The lowest BCUT2D eigenvalue weighted by Crippen LogP contribution is -2.55. The molecule has 0 heterocycles. The molecular weight excluding hydrogens is 203 g/mol. The predicted octanol–water partition coefficient (Wildman–Crippen LogP) is -3.20. The van der Waals surface area contributed by atoms with Gasteiger partial charge in [0.15, 0.2) is 6.10 Å². The van der Waals surface area contributed by atoms with E-state index in [1.807, 2.05) is 0 Å². The number of alkyl halides is 1. The molecule has 6 N–H and O–H groups in total. The standard InChI is InChI=1S/C6H11FO7/c7-6(14,5(12)13)4(11)3(10)2(9)1-8/h2-4,8-11,14H,1H2,(H,12,13). The number of hydrogen-bond acceptors (Lipinski definition) is 6. The van der Waals surface area contributed by atoms with Crippen molar-refractivity contribution in [2.45, 2.75) is 24.2 Å². The molecule has 0 aromatic rings. The van der Waals surface area contributed by atoms with Crippen molar-refractivity contribution < 1.29 is 39.8 Å². The molecule has 0 aliphatic heterocycles. The third-order valence-electron chi connectivity index (χ3n) is 1.60. The van der Waals surface area contributed by atoms with E-state index in [1.54, 1.807) is 0 Å². The van der Waals surface area contributed by atoms with E-state index in [0.717, 1.165) is 0 Å². The van der Waals surface area contributed by atoms with Crippen molar-refractivity contribution in [2.75, 3.05) is 6.61 Å². The maximum Gasteiger partial charge on any atom is 0.372 e. The summed E-state index contributed by atoms with van der Waals surface area (Å²) in [5.74, 6) is -6.50. The molecule has 0 saturated carbocycles. The zero-order valence-electron chi connectivity index (χ0n) is 6.91. The molecule has 0 aromatic carbocycles. The Morgan fingerprint density at radius 3 is 2.07 bits per heavy atom. The maximum absolute atomic E-state index is 12.7. The Kier molecular flexibility index (Phi) is 4.36. The van der Waals surface area contributed by atoms with Crippen LogP contribution in [0.1, 0.15) is 0 Å². The first-order valence-electron chi connectivity index (χ1n) is 3.54. The highest BCUT2D eigenvalue weighted by Gasteiger charge is 2.49. The second kappa shape index (κ2) is 4.62. The van der Waals surface area contributed by atoms with Crippen molar-refractivity contribution in [1.29, 1.82) is 0 Å². The van der Waals surface area contributed by atoms with Crippen molar-refractivity contribution in [2.24, 2.45) is 0 Å². The van der Waals surface area contributed by atoms with E-state index in [9.17, 15) is 9.18 Å². The second-order valence-corrected chi connectivity index (χ2v) is 2.66. The summed E-state index contributed by atoms with van der Waals surface area (Å²) < 4.78 is 12.7. The third-order valence-corrected chi connectivity index (χ3v) is 1.60. The van der Waals surface area contributed by atoms with Crippen molar-refractivity contribution in [1.82, 2.24) is 0 Å². The molecule has 0 spiro atoms. The summed E-state index contributed by atoms with van der Waals surface area (Å²) in [5.41, 5.74) is 0. The number of hydrogen-bond donors (Lipinski definition) is 6. The zero-order chi connectivity index (χ0) is 11.5. The average Bonchev–Trinajstić information content (AvgIpc) is 2.13. The molecule has 0 aromatic heterocycles. The van der Waals surface area contributed by atoms with Crippen LogP contribution >= 0.6 is 0 Å². The van der Waals surface area contributed by atoms with E-state index in [4.69, 9.17) is 30.6 Å². The van der Waals surface area contributed by atoms with Gasteiger partial charge in [0.25, 0.3) is 0 Å². The molecule has 8 heteroatoms. The Hall–Kier alpha value is -0.800. The van der Waals surface area contributed by atoms with Crippen molar-refractivity contribution in [3.63, 3.8) is 0 Å². The topological polar surface area (TPSA) is 138 Å². The Morgan fingerprint density at radius 1 is 1.36 bits per heavy atom. The van der Waals surface area contributed by atoms with E-state index in [-0.39, 0.29) is 0 Å². The second-order valence-electron chi connectivity index (χ2n) is 2.66. The van der Waals surface area contributed by atoms with Crippen molar-refractivity contribution >= 4 is 5.97 Å². The minimum Gasteiger partial charge on any atom is -0.477 e. The summed E-state index contributed by atoms with van der Waals surface area (Å²) in [5, 5.41) is 51.2. The van der Waals surface area contributed by atoms with Crippen LogP contribution < -0.4 is 0 Å². The molecule has 0 saturated heterocycles. The first-order valence-corrected chi connectivity index (χ1v) is 3.54. The van der Waals surface area contributed by atoms with Gasteiger partial charge in [0.2, 0.25) is 0 Å². The molecule has 0 radical (unpaired) electrons. The number of aliphatic hydroxyl groups excluding tert-OH is 4. The minimum atomic E-state index is -4.09. The van der Waals surface area contributed by atoms with Gasteiger partial charge >= 0.3 is 11.8 Å². The molecule has 0 amide bonds. The first kappa shape index (κ1) is 13.2. The molecule has 0 aliphatic rings. The molecular formula is C6H11FO7. The highest BCUT2D eigenvalue weighted by Crippen LogP contribution is 2.17. The lowest BCUT2D eigenvalue weighted by atomic mass is 10.0. The first-order chi connectivity index (χ1) is 6.25. The molecule has 0 aliphatic carbocycles. The van der Waals surface area contributed by atoms with Crippen LogP contribution in [-0.2, 0) is 4.79 Å². The van der Waals surface area contributed by atoms with Crippen LogP contribution in [0.2, 0.25) is 0 Å². The number of aliphatic hydroxyl groups is 5. The lowest BCUT2D eigenvalue weighted by Gasteiger charge is -2.27. The van der Waals surface area contributed by atoms with Crippen LogP contribution in [0, 0.1) is 0 Å². The fourth-order valence-corrected chi connectivity index (χ4v) is 0.671. The molecule has 4 unspecified atom stereocenters. The molecule has 14 heavy (non-hydrogen) atoms. The number of aliphatic carboxylic acids is 1. The van der Waals surface area contributed by atoms with Gasteiger partial charge in [0.05, 0.1) is 6.61 Å².